The summed E-state index contributed by atoms with van der Waals surface area (Å²) in [6.07, 6.45) is 3.40. The molecule has 96 valence electrons. The highest BCUT2D eigenvalue weighted by Gasteiger charge is 2.07. The van der Waals surface area contributed by atoms with Crippen LogP contribution in [0, 0.1) is 0 Å². The molecule has 0 atom stereocenters. The van der Waals surface area contributed by atoms with Gasteiger partial charge < -0.3 is 5.73 Å². The van der Waals surface area contributed by atoms with Gasteiger partial charge in [-0.1, -0.05) is 0 Å². The minimum atomic E-state index is 0.761. The monoisotopic (exact) mass is 278 g/mol. The lowest BCUT2D eigenvalue weighted by molar-refractivity contribution is 1.29. The highest BCUT2D eigenvalue weighted by Crippen LogP contribution is 2.32. The van der Waals surface area contributed by atoms with Gasteiger partial charge in [-0.3, -0.25) is 9.97 Å². The number of hydrogen-bond donors (Lipinski definition) is 1. The Labute approximate surface area is 118 Å². The largest absolute Gasteiger partial charge is 0.399 e. The zero-order valence-corrected chi connectivity index (χ0v) is 11.3. The SMILES string of the molecule is Nc1ccc2nc(-c3ccc4nccnc4c3)sc2c1. The zero-order valence-electron chi connectivity index (χ0n) is 10.4. The fourth-order valence-electron chi connectivity index (χ4n) is 2.16. The van der Waals surface area contributed by atoms with Gasteiger partial charge in [0.1, 0.15) is 5.01 Å². The Kier molecular flexibility index (Phi) is 2.40. The van der Waals surface area contributed by atoms with E-state index < -0.39 is 0 Å². The van der Waals surface area contributed by atoms with Crippen molar-refractivity contribution in [3.8, 4) is 10.6 Å². The molecular formula is C15H10N4S. The summed E-state index contributed by atoms with van der Waals surface area (Å²) in [6.45, 7) is 0. The molecule has 0 bridgehead atoms. The van der Waals surface area contributed by atoms with Crippen LogP contribution in [-0.4, -0.2) is 15.0 Å². The summed E-state index contributed by atoms with van der Waals surface area (Å²) < 4.78 is 1.10. The van der Waals surface area contributed by atoms with E-state index in [1.165, 1.54) is 0 Å². The summed E-state index contributed by atoms with van der Waals surface area (Å²) >= 11 is 1.63. The molecule has 0 saturated carbocycles. The summed E-state index contributed by atoms with van der Waals surface area (Å²) in [7, 11) is 0. The van der Waals surface area contributed by atoms with Crippen LogP contribution in [0.15, 0.2) is 48.8 Å². The van der Waals surface area contributed by atoms with Crippen LogP contribution in [0.2, 0.25) is 0 Å². The molecule has 0 radical (unpaired) electrons. The van der Waals surface area contributed by atoms with Crippen molar-refractivity contribution in [2.24, 2.45) is 0 Å². The van der Waals surface area contributed by atoms with E-state index in [0.717, 1.165) is 37.5 Å². The maximum absolute atomic E-state index is 5.81. The third-order valence-electron chi connectivity index (χ3n) is 3.13. The van der Waals surface area contributed by atoms with Crippen molar-refractivity contribution in [3.05, 3.63) is 48.8 Å². The first-order valence-electron chi connectivity index (χ1n) is 6.17. The van der Waals surface area contributed by atoms with Crippen LogP contribution in [0.4, 0.5) is 5.69 Å². The van der Waals surface area contributed by atoms with Crippen LogP contribution in [0.5, 0.6) is 0 Å². The topological polar surface area (TPSA) is 64.7 Å². The van der Waals surface area contributed by atoms with Crippen LogP contribution >= 0.6 is 11.3 Å². The van der Waals surface area contributed by atoms with Gasteiger partial charge in [0.15, 0.2) is 0 Å². The maximum atomic E-state index is 5.81. The van der Waals surface area contributed by atoms with Crippen molar-refractivity contribution >= 4 is 38.3 Å². The molecule has 20 heavy (non-hydrogen) atoms. The van der Waals surface area contributed by atoms with Crippen molar-refractivity contribution in [1.29, 1.82) is 0 Å². The average molecular weight is 278 g/mol. The van der Waals surface area contributed by atoms with Crippen molar-refractivity contribution in [2.45, 2.75) is 0 Å². The summed E-state index contributed by atoms with van der Waals surface area (Å²) in [5, 5.41) is 0.971. The number of nitrogens with two attached hydrogens (primary N) is 1. The number of thiazole rings is 1. The van der Waals surface area contributed by atoms with E-state index in [-0.39, 0.29) is 0 Å². The van der Waals surface area contributed by atoms with Crippen LogP contribution in [0.3, 0.4) is 0 Å². The minimum absolute atomic E-state index is 0.761. The molecule has 4 aromatic rings. The number of hydrogen-bond acceptors (Lipinski definition) is 5. The average Bonchev–Trinajstić information content (AvgIpc) is 2.89. The van der Waals surface area contributed by atoms with Crippen LogP contribution in [0.25, 0.3) is 31.8 Å². The van der Waals surface area contributed by atoms with Crippen LogP contribution in [0.1, 0.15) is 0 Å². The Morgan fingerprint density at radius 2 is 1.65 bits per heavy atom. The number of fused-ring (bicyclic) bond motifs is 2. The summed E-state index contributed by atoms with van der Waals surface area (Å²) in [5.41, 5.74) is 10.4. The minimum Gasteiger partial charge on any atom is -0.399 e. The fourth-order valence-corrected chi connectivity index (χ4v) is 3.17. The molecule has 0 spiro atoms. The van der Waals surface area contributed by atoms with Crippen LogP contribution < -0.4 is 5.73 Å². The predicted octanol–water partition coefficient (Wildman–Crippen LogP) is 3.49. The van der Waals surface area contributed by atoms with Gasteiger partial charge in [0.05, 0.1) is 21.3 Å². The lowest BCUT2D eigenvalue weighted by Crippen LogP contribution is -1.83. The Hall–Kier alpha value is -2.53. The third kappa shape index (κ3) is 1.80. The molecule has 2 heterocycles. The highest BCUT2D eigenvalue weighted by molar-refractivity contribution is 7.21. The first kappa shape index (κ1) is 11.3. The molecule has 4 nitrogen and oxygen atoms in total. The molecule has 2 aromatic carbocycles. The number of nitrogens with zero attached hydrogens (tertiary/aromatic N) is 3. The first-order valence-corrected chi connectivity index (χ1v) is 6.98. The molecule has 0 aliphatic heterocycles. The van der Waals surface area contributed by atoms with E-state index in [2.05, 4.69) is 15.0 Å². The number of aromatic nitrogens is 3. The van der Waals surface area contributed by atoms with Gasteiger partial charge in [-0.2, -0.15) is 0 Å². The maximum Gasteiger partial charge on any atom is 0.124 e. The van der Waals surface area contributed by atoms with Crippen molar-refractivity contribution in [2.75, 3.05) is 5.73 Å². The normalized spacial score (nSPS) is 11.2. The van der Waals surface area contributed by atoms with Gasteiger partial charge in [-0.05, 0) is 36.4 Å². The smallest absolute Gasteiger partial charge is 0.124 e. The molecule has 0 saturated heterocycles. The molecule has 0 aliphatic rings. The molecule has 2 aromatic heterocycles. The Morgan fingerprint density at radius 3 is 2.55 bits per heavy atom. The number of nitrogen functional groups attached to an aromatic ring is 1. The van der Waals surface area contributed by atoms with E-state index in [9.17, 15) is 0 Å². The predicted molar refractivity (Wildman–Crippen MR) is 82.6 cm³/mol. The molecule has 4 rings (SSSR count). The lowest BCUT2D eigenvalue weighted by Gasteiger charge is -1.98. The van der Waals surface area contributed by atoms with E-state index in [1.54, 1.807) is 23.7 Å². The van der Waals surface area contributed by atoms with Gasteiger partial charge in [-0.25, -0.2) is 4.98 Å². The quantitative estimate of drug-likeness (QED) is 0.541. The number of benzene rings is 2. The second kappa shape index (κ2) is 4.25. The third-order valence-corrected chi connectivity index (χ3v) is 4.20. The molecular weight excluding hydrogens is 268 g/mol. The molecule has 0 amide bonds. The summed E-state index contributed by atoms with van der Waals surface area (Å²) in [6, 6.07) is 11.8. The van der Waals surface area contributed by atoms with E-state index in [4.69, 9.17) is 5.73 Å². The van der Waals surface area contributed by atoms with Crippen molar-refractivity contribution in [3.63, 3.8) is 0 Å². The number of anilines is 1. The van der Waals surface area contributed by atoms with E-state index in [1.807, 2.05) is 36.4 Å². The molecule has 0 aliphatic carbocycles. The standard InChI is InChI=1S/C15H10N4S/c16-10-2-4-12-14(8-10)20-15(19-12)9-1-3-11-13(7-9)18-6-5-17-11/h1-8H,16H2. The van der Waals surface area contributed by atoms with Crippen LogP contribution in [-0.2, 0) is 0 Å². The second-order valence-corrected chi connectivity index (χ2v) is 5.54. The van der Waals surface area contributed by atoms with Gasteiger partial charge in [0.25, 0.3) is 0 Å². The van der Waals surface area contributed by atoms with Crippen molar-refractivity contribution < 1.29 is 0 Å². The Bertz CT molecular complexity index is 929. The zero-order chi connectivity index (χ0) is 13.5. The van der Waals surface area contributed by atoms with Gasteiger partial charge in [0, 0.05) is 23.6 Å². The molecule has 5 heteroatoms. The highest BCUT2D eigenvalue weighted by atomic mass is 32.1. The summed E-state index contributed by atoms with van der Waals surface area (Å²) in [5.74, 6) is 0. The molecule has 2 N–H and O–H groups in total. The Balaban J connectivity index is 1.91. The molecule has 0 unspecified atom stereocenters. The lowest BCUT2D eigenvalue weighted by atomic mass is 10.2. The summed E-state index contributed by atoms with van der Waals surface area (Å²) in [4.78, 5) is 13.2. The van der Waals surface area contributed by atoms with Gasteiger partial charge in [-0.15, -0.1) is 11.3 Å². The Morgan fingerprint density at radius 1 is 0.850 bits per heavy atom. The van der Waals surface area contributed by atoms with Gasteiger partial charge in [0.2, 0.25) is 0 Å². The number of rotatable bonds is 1. The first-order chi connectivity index (χ1) is 9.79. The molecule has 0 fully saturated rings. The fraction of sp³-hybridized carbons (Fsp3) is 0. The van der Waals surface area contributed by atoms with Gasteiger partial charge >= 0.3 is 0 Å². The van der Waals surface area contributed by atoms with E-state index in [0.29, 0.717) is 0 Å². The van der Waals surface area contributed by atoms with Crippen molar-refractivity contribution in [1.82, 2.24) is 15.0 Å². The second-order valence-electron chi connectivity index (χ2n) is 4.51. The van der Waals surface area contributed by atoms with E-state index >= 15 is 0 Å².